The number of nitro groups is 1. The maximum absolute atomic E-state index is 11.8. The van der Waals surface area contributed by atoms with Gasteiger partial charge in [-0.2, -0.15) is 0 Å². The molecule has 1 aromatic rings. The fourth-order valence-corrected chi connectivity index (χ4v) is 3.21. The normalized spacial score (nSPS) is 17.4. The van der Waals surface area contributed by atoms with Crippen molar-refractivity contribution in [3.8, 4) is 0 Å². The highest BCUT2D eigenvalue weighted by molar-refractivity contribution is 7.88. The molecule has 1 aromatic carbocycles. The van der Waals surface area contributed by atoms with Crippen molar-refractivity contribution in [1.82, 2.24) is 4.72 Å². The van der Waals surface area contributed by atoms with Crippen molar-refractivity contribution in [2.45, 2.75) is 30.6 Å². The third kappa shape index (κ3) is 3.75. The largest absolute Gasteiger partial charge is 0.389 e. The monoisotopic (exact) mass is 300 g/mol. The highest BCUT2D eigenvalue weighted by Crippen LogP contribution is 2.30. The summed E-state index contributed by atoms with van der Waals surface area (Å²) in [5.41, 5.74) is -0.533. The second-order valence-electron chi connectivity index (χ2n) is 5.08. The first-order chi connectivity index (χ1) is 9.30. The van der Waals surface area contributed by atoms with Crippen molar-refractivity contribution in [3.05, 3.63) is 39.9 Å². The van der Waals surface area contributed by atoms with Crippen LogP contribution in [-0.2, 0) is 15.8 Å². The molecular weight excluding hydrogens is 284 g/mol. The van der Waals surface area contributed by atoms with Gasteiger partial charge in [-0.05, 0) is 24.8 Å². The molecule has 2 rings (SSSR count). The van der Waals surface area contributed by atoms with Crippen LogP contribution in [0.15, 0.2) is 24.3 Å². The van der Waals surface area contributed by atoms with E-state index in [2.05, 4.69) is 4.72 Å². The molecule has 8 heteroatoms. The lowest BCUT2D eigenvalue weighted by Crippen LogP contribution is -2.47. The average Bonchev–Trinajstić information content (AvgIpc) is 2.34. The second-order valence-corrected chi connectivity index (χ2v) is 6.89. The second kappa shape index (κ2) is 5.47. The van der Waals surface area contributed by atoms with Crippen molar-refractivity contribution >= 4 is 15.7 Å². The highest BCUT2D eigenvalue weighted by atomic mass is 32.2. The van der Waals surface area contributed by atoms with E-state index in [1.165, 1.54) is 24.3 Å². The summed E-state index contributed by atoms with van der Waals surface area (Å²) in [7, 11) is -3.56. The first-order valence-corrected chi connectivity index (χ1v) is 7.88. The van der Waals surface area contributed by atoms with Crippen LogP contribution >= 0.6 is 0 Å². The van der Waals surface area contributed by atoms with Gasteiger partial charge in [0.25, 0.3) is 5.69 Å². The molecule has 0 aliphatic heterocycles. The topological polar surface area (TPSA) is 110 Å². The Labute approximate surface area is 116 Å². The Hall–Kier alpha value is -1.51. The van der Waals surface area contributed by atoms with Crippen molar-refractivity contribution in [2.75, 3.05) is 6.54 Å². The van der Waals surface area contributed by atoms with Crippen LogP contribution in [0.1, 0.15) is 24.8 Å². The first kappa shape index (κ1) is 14.9. The van der Waals surface area contributed by atoms with Gasteiger partial charge in [-0.1, -0.05) is 12.1 Å². The summed E-state index contributed by atoms with van der Waals surface area (Å²) in [5, 5.41) is 20.3. The smallest absolute Gasteiger partial charge is 0.269 e. The van der Waals surface area contributed by atoms with Gasteiger partial charge in [0.1, 0.15) is 0 Å². The zero-order chi connectivity index (χ0) is 14.8. The molecule has 1 fully saturated rings. The first-order valence-electron chi connectivity index (χ1n) is 6.23. The number of non-ortho nitro benzene ring substituents is 1. The van der Waals surface area contributed by atoms with Crippen LogP contribution < -0.4 is 4.72 Å². The number of hydrogen-bond donors (Lipinski definition) is 2. The maximum atomic E-state index is 11.8. The van der Waals surface area contributed by atoms with Crippen molar-refractivity contribution in [3.63, 3.8) is 0 Å². The molecule has 110 valence electrons. The molecule has 0 unspecified atom stereocenters. The molecule has 2 N–H and O–H groups in total. The summed E-state index contributed by atoms with van der Waals surface area (Å²) in [6.07, 6.45) is 2.11. The SMILES string of the molecule is O=[N+]([O-])c1ccc(CS(=O)(=O)NCC2(O)CCC2)cc1. The third-order valence-corrected chi connectivity index (χ3v) is 4.71. The van der Waals surface area contributed by atoms with Gasteiger partial charge in [0.05, 0.1) is 16.3 Å². The molecule has 0 saturated heterocycles. The summed E-state index contributed by atoms with van der Waals surface area (Å²) in [5.74, 6) is -0.263. The molecule has 1 aliphatic carbocycles. The van der Waals surface area contributed by atoms with Crippen molar-refractivity contribution < 1.29 is 18.4 Å². The fraction of sp³-hybridized carbons (Fsp3) is 0.500. The van der Waals surface area contributed by atoms with Crippen LogP contribution in [0.25, 0.3) is 0 Å². The predicted octanol–water partition coefficient (Wildman–Crippen LogP) is 0.929. The third-order valence-electron chi connectivity index (χ3n) is 3.41. The Balaban J connectivity index is 1.95. The number of aliphatic hydroxyl groups is 1. The average molecular weight is 300 g/mol. The molecule has 0 heterocycles. The zero-order valence-corrected chi connectivity index (χ0v) is 11.6. The summed E-state index contributed by atoms with van der Waals surface area (Å²) in [6.45, 7) is 0.0162. The Morgan fingerprint density at radius 2 is 1.90 bits per heavy atom. The van der Waals surface area contributed by atoms with E-state index in [0.29, 0.717) is 18.4 Å². The molecule has 1 saturated carbocycles. The van der Waals surface area contributed by atoms with E-state index in [9.17, 15) is 23.6 Å². The van der Waals surface area contributed by atoms with Gasteiger partial charge in [-0.3, -0.25) is 10.1 Å². The number of nitrogens with one attached hydrogen (secondary N) is 1. The van der Waals surface area contributed by atoms with Crippen LogP contribution in [0.5, 0.6) is 0 Å². The minimum absolute atomic E-state index is 0.0162. The number of nitro benzene ring substituents is 1. The number of nitrogens with zero attached hydrogens (tertiary/aromatic N) is 1. The molecule has 0 amide bonds. The van der Waals surface area contributed by atoms with E-state index >= 15 is 0 Å². The van der Waals surface area contributed by atoms with Gasteiger partial charge in [-0.15, -0.1) is 0 Å². The zero-order valence-electron chi connectivity index (χ0n) is 10.8. The predicted molar refractivity (Wildman–Crippen MR) is 72.5 cm³/mol. The molecule has 20 heavy (non-hydrogen) atoms. The Morgan fingerprint density at radius 1 is 1.30 bits per heavy atom. The van der Waals surface area contributed by atoms with Crippen molar-refractivity contribution in [2.24, 2.45) is 0 Å². The standard InChI is InChI=1S/C12H16N2O5S/c15-12(6-1-7-12)9-13-20(18,19)8-10-2-4-11(5-3-10)14(16)17/h2-5,13,15H,1,6-9H2. The van der Waals surface area contributed by atoms with Crippen LogP contribution in [0.3, 0.4) is 0 Å². The summed E-state index contributed by atoms with van der Waals surface area (Å²) >= 11 is 0. The number of rotatable bonds is 6. The summed E-state index contributed by atoms with van der Waals surface area (Å²) in [6, 6.07) is 5.36. The highest BCUT2D eigenvalue weighted by Gasteiger charge is 2.35. The number of benzene rings is 1. The lowest BCUT2D eigenvalue weighted by Gasteiger charge is -2.36. The molecule has 0 spiro atoms. The molecular formula is C12H16N2O5S. The molecule has 1 aliphatic rings. The minimum atomic E-state index is -3.56. The number of hydrogen-bond acceptors (Lipinski definition) is 5. The van der Waals surface area contributed by atoms with Gasteiger partial charge in [-0.25, -0.2) is 13.1 Å². The molecule has 0 radical (unpaired) electrons. The lowest BCUT2D eigenvalue weighted by atomic mass is 9.81. The van der Waals surface area contributed by atoms with Crippen molar-refractivity contribution in [1.29, 1.82) is 0 Å². The Kier molecular flexibility index (Phi) is 4.07. The van der Waals surface area contributed by atoms with Gasteiger partial charge >= 0.3 is 0 Å². The van der Waals surface area contributed by atoms with Crippen LogP contribution in [0, 0.1) is 10.1 Å². The molecule has 7 nitrogen and oxygen atoms in total. The molecule has 0 bridgehead atoms. The van der Waals surface area contributed by atoms with Gasteiger partial charge in [0.15, 0.2) is 0 Å². The maximum Gasteiger partial charge on any atom is 0.269 e. The van der Waals surface area contributed by atoms with Gasteiger partial charge < -0.3 is 5.11 Å². The van der Waals surface area contributed by atoms with E-state index in [0.717, 1.165) is 6.42 Å². The van der Waals surface area contributed by atoms with Crippen LogP contribution in [0.4, 0.5) is 5.69 Å². The van der Waals surface area contributed by atoms with E-state index in [1.54, 1.807) is 0 Å². The van der Waals surface area contributed by atoms with E-state index in [4.69, 9.17) is 0 Å². The van der Waals surface area contributed by atoms with E-state index in [-0.39, 0.29) is 18.0 Å². The van der Waals surface area contributed by atoms with Crippen LogP contribution in [0.2, 0.25) is 0 Å². The van der Waals surface area contributed by atoms with E-state index in [1.807, 2.05) is 0 Å². The molecule has 0 atom stereocenters. The van der Waals surface area contributed by atoms with Gasteiger partial charge in [0.2, 0.25) is 10.0 Å². The fourth-order valence-electron chi connectivity index (χ4n) is 1.99. The lowest BCUT2D eigenvalue weighted by molar-refractivity contribution is -0.384. The Morgan fingerprint density at radius 3 is 2.35 bits per heavy atom. The summed E-state index contributed by atoms with van der Waals surface area (Å²) < 4.78 is 26.1. The van der Waals surface area contributed by atoms with Crippen LogP contribution in [-0.4, -0.2) is 30.6 Å². The quantitative estimate of drug-likeness (QED) is 0.600. The minimum Gasteiger partial charge on any atom is -0.389 e. The number of sulfonamides is 1. The van der Waals surface area contributed by atoms with E-state index < -0.39 is 20.5 Å². The molecule has 0 aromatic heterocycles. The summed E-state index contributed by atoms with van der Waals surface area (Å²) in [4.78, 5) is 9.96. The Bertz CT molecular complexity index is 593. The van der Waals surface area contributed by atoms with Gasteiger partial charge in [0, 0.05) is 18.7 Å².